The summed E-state index contributed by atoms with van der Waals surface area (Å²) in [6.45, 7) is 3.94. The minimum absolute atomic E-state index is 0.0254. The molecule has 0 radical (unpaired) electrons. The Hall–Kier alpha value is -3.18. The van der Waals surface area contributed by atoms with Crippen LogP contribution in [0.4, 0.5) is 4.39 Å². The number of hydrogen-bond donors (Lipinski definition) is 0. The summed E-state index contributed by atoms with van der Waals surface area (Å²) in [6.07, 6.45) is 8.24. The van der Waals surface area contributed by atoms with E-state index < -0.39 is 11.4 Å². The summed E-state index contributed by atoms with van der Waals surface area (Å²) in [7, 11) is 0. The third kappa shape index (κ3) is 3.09. The molecule has 0 amide bonds. The zero-order valence-electron chi connectivity index (χ0n) is 12.8. The maximum atomic E-state index is 14.3. The molecule has 3 rings (SSSR count). The van der Waals surface area contributed by atoms with Crippen LogP contribution in [-0.4, -0.2) is 31.4 Å². The molecule has 2 heterocycles. The molecule has 3 aromatic rings. The molecule has 0 aliphatic heterocycles. The summed E-state index contributed by atoms with van der Waals surface area (Å²) in [5.74, 6) is 1.65. The Kier molecular flexibility index (Phi) is 4.50. The van der Waals surface area contributed by atoms with E-state index in [-0.39, 0.29) is 34.1 Å². The van der Waals surface area contributed by atoms with E-state index in [1.165, 1.54) is 16.9 Å². The molecule has 0 unspecified atom stereocenters. The molecule has 0 spiro atoms. The van der Waals surface area contributed by atoms with E-state index in [0.717, 1.165) is 10.7 Å². The summed E-state index contributed by atoms with van der Waals surface area (Å²) >= 11 is 5.92. The number of fused-ring (bicyclic) bond motifs is 1. The van der Waals surface area contributed by atoms with Gasteiger partial charge in [-0.25, -0.2) is 4.39 Å². The molecular weight excluding hydrogens is 349 g/mol. The smallest absolute Gasteiger partial charge is 0.285 e. The largest absolute Gasteiger partial charge is 0.479 e. The van der Waals surface area contributed by atoms with E-state index in [0.29, 0.717) is 6.54 Å². The van der Waals surface area contributed by atoms with Crippen molar-refractivity contribution in [1.82, 2.24) is 24.8 Å². The van der Waals surface area contributed by atoms with Crippen molar-refractivity contribution in [2.24, 2.45) is 0 Å². The van der Waals surface area contributed by atoms with Crippen LogP contribution >= 0.6 is 11.6 Å². The van der Waals surface area contributed by atoms with Crippen LogP contribution in [0.3, 0.4) is 0 Å². The number of rotatable bonds is 5. The first-order valence-electron chi connectivity index (χ1n) is 7.05. The predicted octanol–water partition coefficient (Wildman–Crippen LogP) is 1.97. The van der Waals surface area contributed by atoms with Gasteiger partial charge in [0.05, 0.1) is 11.6 Å². The second-order valence-electron chi connectivity index (χ2n) is 4.91. The fourth-order valence-electron chi connectivity index (χ4n) is 2.17. The molecule has 1 aromatic carbocycles. The topological polar surface area (TPSA) is 74.8 Å². The lowest BCUT2D eigenvalue weighted by Gasteiger charge is -2.09. The normalized spacial score (nSPS) is 10.6. The van der Waals surface area contributed by atoms with Gasteiger partial charge < -0.3 is 4.74 Å². The molecule has 0 atom stereocenters. The molecule has 0 saturated heterocycles. The molecule has 0 saturated carbocycles. The minimum Gasteiger partial charge on any atom is -0.479 e. The number of terminal acetylenes is 1. The third-order valence-electron chi connectivity index (χ3n) is 3.25. The van der Waals surface area contributed by atoms with Gasteiger partial charge in [0.2, 0.25) is 5.65 Å². The van der Waals surface area contributed by atoms with Crippen LogP contribution < -0.4 is 10.3 Å². The van der Waals surface area contributed by atoms with Gasteiger partial charge in [0.1, 0.15) is 23.4 Å². The van der Waals surface area contributed by atoms with E-state index in [1.54, 1.807) is 6.08 Å². The molecule has 7 nitrogen and oxygen atoms in total. The maximum Gasteiger partial charge on any atom is 0.285 e. The molecule has 9 heteroatoms. The Labute approximate surface area is 146 Å². The predicted molar refractivity (Wildman–Crippen MR) is 90.4 cm³/mol. The number of halogens is 2. The summed E-state index contributed by atoms with van der Waals surface area (Å²) in [5, 5.41) is 11.9. The molecule has 126 valence electrons. The Balaban J connectivity index is 2.16. The fraction of sp³-hybridized carbons (Fsp3) is 0.125. The van der Waals surface area contributed by atoms with E-state index in [2.05, 4.69) is 27.9 Å². The molecule has 0 bridgehead atoms. The third-order valence-corrected chi connectivity index (χ3v) is 3.55. The SMILES string of the molecule is C#CCOc1cc(-n2nnc3nn(CC=C)cc3c2=O)c(F)cc1Cl. The summed E-state index contributed by atoms with van der Waals surface area (Å²) in [6, 6.07) is 2.26. The van der Waals surface area contributed by atoms with Gasteiger partial charge >= 0.3 is 0 Å². The van der Waals surface area contributed by atoms with Crippen molar-refractivity contribution in [1.29, 1.82) is 0 Å². The molecular formula is C16H11ClFN5O2. The lowest BCUT2D eigenvalue weighted by atomic mass is 10.2. The van der Waals surface area contributed by atoms with Crippen LogP contribution in [0, 0.1) is 18.2 Å². The van der Waals surface area contributed by atoms with Crippen LogP contribution in [0.5, 0.6) is 5.75 Å². The highest BCUT2D eigenvalue weighted by molar-refractivity contribution is 6.32. The van der Waals surface area contributed by atoms with E-state index >= 15 is 0 Å². The van der Waals surface area contributed by atoms with Crippen molar-refractivity contribution in [3.05, 3.63) is 52.2 Å². The molecule has 25 heavy (non-hydrogen) atoms. The van der Waals surface area contributed by atoms with Crippen LogP contribution in [-0.2, 0) is 6.54 Å². The zero-order chi connectivity index (χ0) is 18.0. The van der Waals surface area contributed by atoms with Gasteiger partial charge in [-0.3, -0.25) is 9.48 Å². The Morgan fingerprint density at radius 1 is 1.48 bits per heavy atom. The van der Waals surface area contributed by atoms with Crippen LogP contribution in [0.2, 0.25) is 5.02 Å². The van der Waals surface area contributed by atoms with E-state index in [1.807, 2.05) is 0 Å². The van der Waals surface area contributed by atoms with Crippen molar-refractivity contribution in [2.75, 3.05) is 6.61 Å². The number of hydrogen-bond acceptors (Lipinski definition) is 5. The summed E-state index contributed by atoms with van der Waals surface area (Å²) < 4.78 is 21.8. The van der Waals surface area contributed by atoms with Crippen molar-refractivity contribution in [3.8, 4) is 23.8 Å². The summed E-state index contributed by atoms with van der Waals surface area (Å²) in [5.41, 5.74) is -0.585. The molecule has 0 N–H and O–H groups in total. The van der Waals surface area contributed by atoms with Crippen LogP contribution in [0.15, 0.2) is 35.8 Å². The number of benzene rings is 1. The van der Waals surface area contributed by atoms with E-state index in [9.17, 15) is 9.18 Å². The van der Waals surface area contributed by atoms with Crippen LogP contribution in [0.1, 0.15) is 0 Å². The van der Waals surface area contributed by atoms with Gasteiger partial charge in [-0.2, -0.15) is 4.68 Å². The zero-order valence-corrected chi connectivity index (χ0v) is 13.6. The first-order chi connectivity index (χ1) is 12.0. The second-order valence-corrected chi connectivity index (χ2v) is 5.32. The second kappa shape index (κ2) is 6.75. The average molecular weight is 360 g/mol. The fourth-order valence-corrected chi connectivity index (χ4v) is 2.38. The Morgan fingerprint density at radius 2 is 2.28 bits per heavy atom. The lowest BCUT2D eigenvalue weighted by Crippen LogP contribution is -2.23. The number of aromatic nitrogens is 5. The van der Waals surface area contributed by atoms with Gasteiger partial charge in [-0.1, -0.05) is 28.8 Å². The molecule has 0 aliphatic carbocycles. The van der Waals surface area contributed by atoms with Gasteiger partial charge in [0, 0.05) is 12.3 Å². The molecule has 2 aromatic heterocycles. The maximum absolute atomic E-state index is 14.3. The first kappa shape index (κ1) is 16.7. The van der Waals surface area contributed by atoms with Crippen molar-refractivity contribution < 1.29 is 9.13 Å². The van der Waals surface area contributed by atoms with E-state index in [4.69, 9.17) is 22.8 Å². The average Bonchev–Trinajstić information content (AvgIpc) is 2.99. The number of allylic oxidation sites excluding steroid dienone is 1. The van der Waals surface area contributed by atoms with Crippen molar-refractivity contribution in [3.63, 3.8) is 0 Å². The minimum atomic E-state index is -0.757. The monoisotopic (exact) mass is 359 g/mol. The van der Waals surface area contributed by atoms with Gasteiger partial charge in [-0.05, 0) is 6.07 Å². The Morgan fingerprint density at radius 3 is 3.00 bits per heavy atom. The quantitative estimate of drug-likeness (QED) is 0.514. The number of nitrogens with zero attached hydrogens (tertiary/aromatic N) is 5. The van der Waals surface area contributed by atoms with Crippen molar-refractivity contribution in [2.45, 2.75) is 6.54 Å². The lowest BCUT2D eigenvalue weighted by molar-refractivity contribution is 0.369. The number of ether oxygens (including phenoxy) is 1. The highest BCUT2D eigenvalue weighted by Crippen LogP contribution is 2.29. The highest BCUT2D eigenvalue weighted by atomic mass is 35.5. The first-order valence-corrected chi connectivity index (χ1v) is 7.42. The summed E-state index contributed by atoms with van der Waals surface area (Å²) in [4.78, 5) is 12.6. The van der Waals surface area contributed by atoms with Gasteiger partial charge in [0.15, 0.2) is 5.82 Å². The van der Waals surface area contributed by atoms with Gasteiger partial charge in [-0.15, -0.1) is 23.2 Å². The molecule has 0 aliphatic rings. The van der Waals surface area contributed by atoms with Crippen molar-refractivity contribution >= 4 is 22.6 Å². The van der Waals surface area contributed by atoms with Crippen LogP contribution in [0.25, 0.3) is 16.7 Å². The highest BCUT2D eigenvalue weighted by Gasteiger charge is 2.17. The van der Waals surface area contributed by atoms with Gasteiger partial charge in [0.25, 0.3) is 5.56 Å². The standard InChI is InChI=1S/C16H11ClFN5O2/c1-3-5-22-9-10-15(20-22)19-21-23(16(10)24)13-8-14(25-6-4-2)11(17)7-12(13)18/h2-3,7-9H,1,5-6H2. The molecule has 0 fully saturated rings. The Bertz CT molecular complexity index is 1070.